The Morgan fingerprint density at radius 3 is 2.03 bits per heavy atom. The summed E-state index contributed by atoms with van der Waals surface area (Å²) in [6, 6.07) is 29.7. The van der Waals surface area contributed by atoms with Gasteiger partial charge in [0.1, 0.15) is 18.5 Å². The highest BCUT2D eigenvalue weighted by Crippen LogP contribution is 2.26. The maximum Gasteiger partial charge on any atom is 0.246 e. The van der Waals surface area contributed by atoms with Gasteiger partial charge in [0.05, 0.1) is 17.9 Å². The molecule has 1 heterocycles. The molecule has 162 valence electrons. The number of carbonyl (C=O) groups is 1. The van der Waals surface area contributed by atoms with E-state index in [1.807, 2.05) is 97.9 Å². The summed E-state index contributed by atoms with van der Waals surface area (Å²) in [7, 11) is 0. The lowest BCUT2D eigenvalue weighted by Gasteiger charge is -2.20. The topological polar surface area (TPSA) is 67.0 Å². The number of amides is 1. The minimum Gasteiger partial charge on any atom is -0.359 e. The Hall–Kier alpha value is -3.70. The molecule has 5 nitrogen and oxygen atoms in total. The molecule has 1 amide bonds. The SMILES string of the molecule is CCC(NC(=O)COC(c1ccccc1)c1ccccc1)c1ncc(-c2ccccc2)[nH]1. The van der Waals surface area contributed by atoms with Crippen molar-refractivity contribution in [1.29, 1.82) is 0 Å². The Kier molecular flexibility index (Phi) is 7.10. The number of benzene rings is 3. The molecule has 4 aromatic rings. The van der Waals surface area contributed by atoms with Crippen molar-refractivity contribution in [2.45, 2.75) is 25.5 Å². The minimum atomic E-state index is -0.309. The van der Waals surface area contributed by atoms with Gasteiger partial charge in [-0.2, -0.15) is 0 Å². The molecule has 0 saturated carbocycles. The van der Waals surface area contributed by atoms with Gasteiger partial charge in [-0.1, -0.05) is 97.9 Å². The molecule has 1 unspecified atom stereocenters. The van der Waals surface area contributed by atoms with Gasteiger partial charge < -0.3 is 15.0 Å². The minimum absolute atomic E-state index is 0.0444. The van der Waals surface area contributed by atoms with Crippen molar-refractivity contribution in [2.75, 3.05) is 6.61 Å². The van der Waals surface area contributed by atoms with Crippen LogP contribution in [0.5, 0.6) is 0 Å². The fraction of sp³-hybridized carbons (Fsp3) is 0.185. The van der Waals surface area contributed by atoms with Gasteiger partial charge in [-0.25, -0.2) is 4.98 Å². The molecule has 0 saturated heterocycles. The van der Waals surface area contributed by atoms with E-state index >= 15 is 0 Å². The van der Waals surface area contributed by atoms with Crippen molar-refractivity contribution in [3.8, 4) is 11.3 Å². The Bertz CT molecular complexity index is 1070. The van der Waals surface area contributed by atoms with Crippen molar-refractivity contribution < 1.29 is 9.53 Å². The number of imidazole rings is 1. The number of nitrogens with zero attached hydrogens (tertiary/aromatic N) is 1. The number of rotatable bonds is 9. The van der Waals surface area contributed by atoms with E-state index in [1.54, 1.807) is 6.20 Å². The van der Waals surface area contributed by atoms with E-state index in [0.717, 1.165) is 28.2 Å². The van der Waals surface area contributed by atoms with Crippen molar-refractivity contribution in [1.82, 2.24) is 15.3 Å². The van der Waals surface area contributed by atoms with Crippen LogP contribution in [0.3, 0.4) is 0 Å². The Balaban J connectivity index is 1.42. The van der Waals surface area contributed by atoms with Crippen molar-refractivity contribution >= 4 is 5.91 Å². The lowest BCUT2D eigenvalue weighted by molar-refractivity contribution is -0.127. The van der Waals surface area contributed by atoms with E-state index in [9.17, 15) is 4.79 Å². The highest BCUT2D eigenvalue weighted by Gasteiger charge is 2.19. The standard InChI is InChI=1S/C27H27N3O2/c1-2-23(27-28-18-24(30-27)20-12-6-3-7-13-20)29-25(31)19-32-26(21-14-8-4-9-15-21)22-16-10-5-11-17-22/h3-18,23,26H,2,19H2,1H3,(H,28,30)(H,29,31). The Morgan fingerprint density at radius 2 is 1.47 bits per heavy atom. The van der Waals surface area contributed by atoms with Crippen LogP contribution in [0.2, 0.25) is 0 Å². The normalized spacial score (nSPS) is 11.9. The van der Waals surface area contributed by atoms with Crippen LogP contribution >= 0.6 is 0 Å². The highest BCUT2D eigenvalue weighted by molar-refractivity contribution is 5.77. The highest BCUT2D eigenvalue weighted by atomic mass is 16.5. The van der Waals surface area contributed by atoms with Crippen LogP contribution in [-0.2, 0) is 9.53 Å². The zero-order valence-electron chi connectivity index (χ0n) is 18.1. The molecule has 0 bridgehead atoms. The van der Waals surface area contributed by atoms with Crippen LogP contribution in [0.15, 0.2) is 97.2 Å². The van der Waals surface area contributed by atoms with Gasteiger partial charge in [0.25, 0.3) is 0 Å². The number of H-pyrrole nitrogens is 1. The predicted octanol–water partition coefficient (Wildman–Crippen LogP) is 5.45. The zero-order valence-corrected chi connectivity index (χ0v) is 18.1. The number of carbonyl (C=O) groups excluding carboxylic acids is 1. The molecule has 2 N–H and O–H groups in total. The maximum atomic E-state index is 12.8. The van der Waals surface area contributed by atoms with Gasteiger partial charge >= 0.3 is 0 Å². The molecule has 0 aliphatic rings. The molecule has 4 rings (SSSR count). The summed E-state index contributed by atoms with van der Waals surface area (Å²) in [4.78, 5) is 20.6. The summed E-state index contributed by atoms with van der Waals surface area (Å²) in [6.45, 7) is 1.98. The van der Waals surface area contributed by atoms with Gasteiger partial charge in [-0.3, -0.25) is 4.79 Å². The third-order valence-corrected chi connectivity index (χ3v) is 5.34. The molecule has 0 fully saturated rings. The number of aromatic amines is 1. The third-order valence-electron chi connectivity index (χ3n) is 5.34. The number of aromatic nitrogens is 2. The summed E-state index contributed by atoms with van der Waals surface area (Å²) in [5.41, 5.74) is 4.01. The van der Waals surface area contributed by atoms with E-state index < -0.39 is 0 Å². The average molecular weight is 426 g/mol. The third kappa shape index (κ3) is 5.31. The molecule has 0 spiro atoms. The van der Waals surface area contributed by atoms with Crippen LogP contribution in [0.1, 0.15) is 42.4 Å². The molecule has 0 aliphatic heterocycles. The van der Waals surface area contributed by atoms with Crippen molar-refractivity contribution in [3.05, 3.63) is 114 Å². The predicted molar refractivity (Wildman–Crippen MR) is 126 cm³/mol. The van der Waals surface area contributed by atoms with E-state index in [-0.39, 0.29) is 24.7 Å². The first kappa shape index (κ1) is 21.5. The number of hydrogen-bond donors (Lipinski definition) is 2. The smallest absolute Gasteiger partial charge is 0.246 e. The van der Waals surface area contributed by atoms with E-state index in [1.165, 1.54) is 0 Å². The molecule has 0 radical (unpaired) electrons. The summed E-state index contributed by atoms with van der Waals surface area (Å²) < 4.78 is 6.09. The molecule has 0 aliphatic carbocycles. The van der Waals surface area contributed by atoms with Crippen LogP contribution in [-0.4, -0.2) is 22.5 Å². The van der Waals surface area contributed by atoms with Gasteiger partial charge in [0, 0.05) is 0 Å². The van der Waals surface area contributed by atoms with E-state index in [4.69, 9.17) is 4.74 Å². The van der Waals surface area contributed by atoms with Gasteiger partial charge in [0.15, 0.2) is 0 Å². The van der Waals surface area contributed by atoms with Gasteiger partial charge in [-0.05, 0) is 23.1 Å². The molecular formula is C27H27N3O2. The number of nitrogens with one attached hydrogen (secondary N) is 2. The van der Waals surface area contributed by atoms with Crippen LogP contribution in [0.25, 0.3) is 11.3 Å². The Morgan fingerprint density at radius 1 is 0.906 bits per heavy atom. The second kappa shape index (κ2) is 10.6. The average Bonchev–Trinajstić information content (AvgIpc) is 3.35. The molecule has 5 heteroatoms. The molecular weight excluding hydrogens is 398 g/mol. The Labute approximate surface area is 188 Å². The summed E-state index contributed by atoms with van der Waals surface area (Å²) >= 11 is 0. The first-order valence-electron chi connectivity index (χ1n) is 10.9. The molecule has 1 aromatic heterocycles. The van der Waals surface area contributed by atoms with E-state index in [0.29, 0.717) is 6.42 Å². The first-order chi connectivity index (χ1) is 15.7. The number of ether oxygens (including phenoxy) is 1. The van der Waals surface area contributed by atoms with Crippen LogP contribution < -0.4 is 5.32 Å². The fourth-order valence-corrected chi connectivity index (χ4v) is 3.68. The van der Waals surface area contributed by atoms with Gasteiger partial charge in [0.2, 0.25) is 5.91 Å². The summed E-state index contributed by atoms with van der Waals surface area (Å²) in [5.74, 6) is 0.564. The fourth-order valence-electron chi connectivity index (χ4n) is 3.68. The van der Waals surface area contributed by atoms with Crippen LogP contribution in [0, 0.1) is 0 Å². The second-order valence-corrected chi connectivity index (χ2v) is 7.59. The molecule has 3 aromatic carbocycles. The monoisotopic (exact) mass is 425 g/mol. The largest absolute Gasteiger partial charge is 0.359 e. The van der Waals surface area contributed by atoms with Crippen LogP contribution in [0.4, 0.5) is 0 Å². The second-order valence-electron chi connectivity index (χ2n) is 7.59. The van der Waals surface area contributed by atoms with Crippen molar-refractivity contribution in [2.24, 2.45) is 0 Å². The summed E-state index contributed by atoms with van der Waals surface area (Å²) in [5, 5.41) is 3.05. The van der Waals surface area contributed by atoms with E-state index in [2.05, 4.69) is 15.3 Å². The van der Waals surface area contributed by atoms with Gasteiger partial charge in [-0.15, -0.1) is 0 Å². The lowest BCUT2D eigenvalue weighted by atomic mass is 10.0. The quantitative estimate of drug-likeness (QED) is 0.375. The van der Waals surface area contributed by atoms with Crippen molar-refractivity contribution in [3.63, 3.8) is 0 Å². The lowest BCUT2D eigenvalue weighted by Crippen LogP contribution is -2.32. The number of hydrogen-bond acceptors (Lipinski definition) is 3. The summed E-state index contributed by atoms with van der Waals surface area (Å²) in [6.07, 6.45) is 2.21. The zero-order chi connectivity index (χ0) is 22.2. The molecule has 32 heavy (non-hydrogen) atoms. The first-order valence-corrected chi connectivity index (χ1v) is 10.9. The maximum absolute atomic E-state index is 12.8. The molecule has 1 atom stereocenters.